The van der Waals surface area contributed by atoms with Crippen molar-refractivity contribution in [3.63, 3.8) is 0 Å². The number of carbonyl (C=O) groups is 1. The van der Waals surface area contributed by atoms with Crippen LogP contribution in [0.4, 0.5) is 4.79 Å². The molecule has 8 atom stereocenters. The molecule has 0 aliphatic carbocycles. The summed E-state index contributed by atoms with van der Waals surface area (Å²) >= 11 is 0. The van der Waals surface area contributed by atoms with E-state index in [1.165, 1.54) is 5.57 Å². The summed E-state index contributed by atoms with van der Waals surface area (Å²) < 4.78 is 26.2. The number of primary amides is 1. The fraction of sp³-hybridized carbons (Fsp3) is 0.651. The Labute approximate surface area is 315 Å². The first-order valence-electron chi connectivity index (χ1n) is 19.0. The van der Waals surface area contributed by atoms with Gasteiger partial charge < -0.3 is 24.1 Å². The molecule has 0 fully saturated rings. The van der Waals surface area contributed by atoms with Crippen LogP contribution in [-0.2, 0) is 13.6 Å². The van der Waals surface area contributed by atoms with Crippen molar-refractivity contribution in [2.45, 2.75) is 144 Å². The van der Waals surface area contributed by atoms with Crippen LogP contribution < -0.4 is 10.5 Å². The molecule has 0 heterocycles. The average molecular weight is 742 g/mol. The number of hydrogen-bond acceptors (Lipinski definition) is 5. The molecule has 0 saturated carbocycles. The molecule has 0 aliphatic rings. The van der Waals surface area contributed by atoms with Crippen molar-refractivity contribution in [2.75, 3.05) is 6.61 Å². The third-order valence-corrected chi connectivity index (χ3v) is 20.1. The summed E-state index contributed by atoms with van der Waals surface area (Å²) in [6.07, 6.45) is 11.9. The standard InChI is InChI=1S/C43H75NO5Si2/c1-18-19-24-33(4)39(47-41(44)45)36(7)40(49-51(16,17)43(11,12)13)35(6)30-31(2)29-34(5)38(48-50(14,15)42(8,9)10)32(3)25-23-28-46-37-26-21-20-22-27-37/h18-27,29,32-36,38-40H,1,28,30H2,2-17H3,(H2,44,45)/t32-,33-,34-,35-,36+,38-,39-,40+/m0/s1. The van der Waals surface area contributed by atoms with Crippen LogP contribution in [0.1, 0.15) is 89.5 Å². The molecular weight excluding hydrogens is 667 g/mol. The number of nitrogens with two attached hydrogens (primary N) is 1. The maximum Gasteiger partial charge on any atom is 0.404 e. The highest BCUT2D eigenvalue weighted by molar-refractivity contribution is 6.74. The minimum Gasteiger partial charge on any atom is -0.490 e. The zero-order valence-electron chi connectivity index (χ0n) is 35.2. The number of ether oxygens (including phenoxy) is 2. The van der Waals surface area contributed by atoms with Crippen molar-refractivity contribution in [3.8, 4) is 5.75 Å². The van der Waals surface area contributed by atoms with Gasteiger partial charge in [0.1, 0.15) is 18.5 Å². The monoisotopic (exact) mass is 742 g/mol. The Balaban J connectivity index is 3.45. The molecule has 0 spiro atoms. The number of amides is 1. The lowest BCUT2D eigenvalue weighted by atomic mass is 9.81. The third kappa shape index (κ3) is 15.2. The molecule has 1 amide bonds. The first kappa shape index (κ1) is 46.6. The zero-order chi connectivity index (χ0) is 39.4. The van der Waals surface area contributed by atoms with Crippen LogP contribution in [0, 0.1) is 29.6 Å². The van der Waals surface area contributed by atoms with Crippen molar-refractivity contribution >= 4 is 22.7 Å². The van der Waals surface area contributed by atoms with Gasteiger partial charge in [-0.2, -0.15) is 0 Å². The maximum absolute atomic E-state index is 12.1. The second-order valence-electron chi connectivity index (χ2n) is 17.9. The molecule has 51 heavy (non-hydrogen) atoms. The van der Waals surface area contributed by atoms with E-state index in [2.05, 4.69) is 134 Å². The summed E-state index contributed by atoms with van der Waals surface area (Å²) in [6.45, 7) is 40.5. The highest BCUT2D eigenvalue weighted by Crippen LogP contribution is 2.42. The highest BCUT2D eigenvalue weighted by Gasteiger charge is 2.44. The van der Waals surface area contributed by atoms with E-state index in [0.717, 1.165) is 12.2 Å². The Morgan fingerprint density at radius 3 is 1.80 bits per heavy atom. The Morgan fingerprint density at radius 1 is 0.804 bits per heavy atom. The first-order chi connectivity index (χ1) is 23.3. The van der Waals surface area contributed by atoms with Crippen molar-refractivity contribution in [1.82, 2.24) is 0 Å². The van der Waals surface area contributed by atoms with Gasteiger partial charge in [-0.15, -0.1) is 0 Å². The lowest BCUT2D eigenvalue weighted by molar-refractivity contribution is -0.0207. The first-order valence-corrected chi connectivity index (χ1v) is 24.8. The summed E-state index contributed by atoms with van der Waals surface area (Å²) in [5.41, 5.74) is 6.92. The molecule has 290 valence electrons. The van der Waals surface area contributed by atoms with Gasteiger partial charge in [0, 0.05) is 11.8 Å². The van der Waals surface area contributed by atoms with Crippen LogP contribution in [0.15, 0.2) is 78.9 Å². The predicted molar refractivity (Wildman–Crippen MR) is 223 cm³/mol. The molecule has 0 saturated heterocycles. The summed E-state index contributed by atoms with van der Waals surface area (Å²) in [5.74, 6) is 1.20. The maximum atomic E-state index is 12.1. The smallest absolute Gasteiger partial charge is 0.404 e. The van der Waals surface area contributed by atoms with E-state index >= 15 is 0 Å². The largest absolute Gasteiger partial charge is 0.490 e. The lowest BCUT2D eigenvalue weighted by Gasteiger charge is -2.45. The van der Waals surface area contributed by atoms with Crippen LogP contribution in [-0.4, -0.2) is 47.6 Å². The molecule has 0 bridgehead atoms. The Bertz CT molecular complexity index is 1290. The van der Waals surface area contributed by atoms with E-state index in [4.69, 9.17) is 24.1 Å². The van der Waals surface area contributed by atoms with E-state index in [1.54, 1.807) is 6.08 Å². The predicted octanol–water partition coefficient (Wildman–Crippen LogP) is 12.1. The van der Waals surface area contributed by atoms with Gasteiger partial charge in [0.05, 0.1) is 12.2 Å². The normalized spacial score (nSPS) is 18.5. The van der Waals surface area contributed by atoms with Gasteiger partial charge in [-0.25, -0.2) is 4.79 Å². The van der Waals surface area contributed by atoms with Gasteiger partial charge in [0.15, 0.2) is 16.6 Å². The fourth-order valence-corrected chi connectivity index (χ4v) is 9.07. The quantitative estimate of drug-likeness (QED) is 0.0817. The Kier molecular flexibility index (Phi) is 18.4. The van der Waals surface area contributed by atoms with Crippen LogP contribution in [0.2, 0.25) is 36.3 Å². The second-order valence-corrected chi connectivity index (χ2v) is 27.4. The Hall–Kier alpha value is -2.40. The molecule has 0 radical (unpaired) electrons. The van der Waals surface area contributed by atoms with Crippen molar-refractivity contribution in [1.29, 1.82) is 0 Å². The lowest BCUT2D eigenvalue weighted by Crippen LogP contribution is -2.50. The van der Waals surface area contributed by atoms with Gasteiger partial charge in [-0.05, 0) is 79.5 Å². The number of hydrogen-bond donors (Lipinski definition) is 1. The van der Waals surface area contributed by atoms with Crippen LogP contribution >= 0.6 is 0 Å². The van der Waals surface area contributed by atoms with Gasteiger partial charge >= 0.3 is 6.09 Å². The van der Waals surface area contributed by atoms with Gasteiger partial charge in [0.2, 0.25) is 0 Å². The molecular formula is C43H75NO5Si2. The summed E-state index contributed by atoms with van der Waals surface area (Å²) in [6, 6.07) is 9.92. The molecule has 8 heteroatoms. The summed E-state index contributed by atoms with van der Waals surface area (Å²) in [4.78, 5) is 12.1. The van der Waals surface area contributed by atoms with Crippen molar-refractivity contribution in [2.24, 2.45) is 35.3 Å². The third-order valence-electron chi connectivity index (χ3n) is 11.1. The summed E-state index contributed by atoms with van der Waals surface area (Å²) in [7, 11) is -4.27. The molecule has 1 aromatic carbocycles. The van der Waals surface area contributed by atoms with E-state index in [0.29, 0.717) is 6.61 Å². The molecule has 1 rings (SSSR count). The molecule has 0 unspecified atom stereocenters. The zero-order valence-corrected chi connectivity index (χ0v) is 37.2. The SMILES string of the molecule is C=CC=C[C@H](C)[C@H](OC(N)=O)[C@@H](C)[C@H](O[Si](C)(C)C(C)(C)C)[C@@H](C)CC(C)=C[C@H](C)[C@@H](O[Si](C)(C)C(C)(C)C)[C@@H](C)C=CCOc1ccccc1. The number of benzene rings is 1. The van der Waals surface area contributed by atoms with Crippen molar-refractivity contribution < 1.29 is 23.1 Å². The number of rotatable bonds is 20. The van der Waals surface area contributed by atoms with Crippen molar-refractivity contribution in [3.05, 3.63) is 78.9 Å². The minimum atomic E-state index is -2.20. The van der Waals surface area contributed by atoms with Gasteiger partial charge in [0.25, 0.3) is 0 Å². The van der Waals surface area contributed by atoms with Crippen LogP contribution in [0.25, 0.3) is 0 Å². The molecule has 6 nitrogen and oxygen atoms in total. The van der Waals surface area contributed by atoms with E-state index < -0.39 is 28.8 Å². The number of para-hydroxylation sites is 1. The molecule has 0 aliphatic heterocycles. The van der Waals surface area contributed by atoms with Gasteiger partial charge in [-0.1, -0.05) is 143 Å². The molecule has 2 N–H and O–H groups in total. The average Bonchev–Trinajstić information content (AvgIpc) is 3.00. The Morgan fingerprint density at radius 2 is 1.31 bits per heavy atom. The van der Waals surface area contributed by atoms with Crippen LogP contribution in [0.5, 0.6) is 5.75 Å². The van der Waals surface area contributed by atoms with E-state index in [9.17, 15) is 4.79 Å². The fourth-order valence-electron chi connectivity index (χ4n) is 6.12. The van der Waals surface area contributed by atoms with Gasteiger partial charge in [-0.3, -0.25) is 0 Å². The minimum absolute atomic E-state index is 0.00756. The topological polar surface area (TPSA) is 80.0 Å². The molecule has 1 aromatic rings. The summed E-state index contributed by atoms with van der Waals surface area (Å²) in [5, 5.41) is 0.104. The second kappa shape index (κ2) is 20.2. The highest BCUT2D eigenvalue weighted by atomic mass is 28.4. The number of carbonyl (C=O) groups excluding carboxylic acids is 1. The molecule has 0 aromatic heterocycles. The van der Waals surface area contributed by atoms with Crippen LogP contribution in [0.3, 0.4) is 0 Å². The van der Waals surface area contributed by atoms with E-state index in [1.807, 2.05) is 42.5 Å². The van der Waals surface area contributed by atoms with E-state index in [-0.39, 0.29) is 51.9 Å². The number of allylic oxidation sites excluding steroid dienone is 3.